The molecule has 2 nitrogen and oxygen atoms in total. The van der Waals surface area contributed by atoms with Gasteiger partial charge < -0.3 is 4.40 Å². The maximum Gasteiger partial charge on any atom is 0.197 e. The zero-order chi connectivity index (χ0) is 15.6. The van der Waals surface area contributed by atoms with Gasteiger partial charge in [0.25, 0.3) is 0 Å². The topological polar surface area (TPSA) is 21.5 Å². The molecule has 0 saturated heterocycles. The molecule has 0 spiro atoms. The summed E-state index contributed by atoms with van der Waals surface area (Å²) < 4.78 is 2.20. The van der Waals surface area contributed by atoms with Gasteiger partial charge in [-0.1, -0.05) is 49.0 Å². The standard InChI is InChI=1S/C21H13NO/c1-13-14-7-2-4-11-18(14)22-19-12-5-3-8-16(19)21(23)17-10-6-9-15(13)20(17)22/h2-12H,1H2. The highest BCUT2D eigenvalue weighted by atomic mass is 16.1. The number of hydrogen-bond donors (Lipinski definition) is 0. The molecule has 0 amide bonds. The zero-order valence-corrected chi connectivity index (χ0v) is 12.4. The molecule has 5 rings (SSSR count). The predicted octanol–water partition coefficient (Wildman–Crippen LogP) is 3.89. The Kier molecular flexibility index (Phi) is 2.27. The van der Waals surface area contributed by atoms with E-state index in [9.17, 15) is 4.79 Å². The Morgan fingerprint density at radius 2 is 1.22 bits per heavy atom. The molecular weight excluding hydrogens is 282 g/mol. The van der Waals surface area contributed by atoms with Crippen molar-refractivity contribution in [3.05, 3.63) is 82.2 Å². The van der Waals surface area contributed by atoms with E-state index in [1.54, 1.807) is 0 Å². The van der Waals surface area contributed by atoms with Crippen LogP contribution in [0.1, 0.15) is 0 Å². The van der Waals surface area contributed by atoms with Crippen molar-refractivity contribution in [3.8, 4) is 0 Å². The van der Waals surface area contributed by atoms with E-state index in [4.69, 9.17) is 0 Å². The average Bonchev–Trinajstić information content (AvgIpc) is 2.61. The maximum atomic E-state index is 12.9. The van der Waals surface area contributed by atoms with Crippen molar-refractivity contribution in [2.45, 2.75) is 0 Å². The highest BCUT2D eigenvalue weighted by Crippen LogP contribution is 2.26. The Morgan fingerprint density at radius 1 is 0.652 bits per heavy atom. The molecule has 0 aliphatic carbocycles. The first-order valence-electron chi connectivity index (χ1n) is 7.63. The van der Waals surface area contributed by atoms with Crippen LogP contribution in [0.2, 0.25) is 0 Å². The first-order valence-corrected chi connectivity index (χ1v) is 7.63. The summed E-state index contributed by atoms with van der Waals surface area (Å²) in [6.45, 7) is 4.27. The van der Waals surface area contributed by atoms with E-state index in [1.807, 2.05) is 54.6 Å². The van der Waals surface area contributed by atoms with Gasteiger partial charge in [0.1, 0.15) is 0 Å². The van der Waals surface area contributed by atoms with Gasteiger partial charge in [-0.3, -0.25) is 4.79 Å². The van der Waals surface area contributed by atoms with Gasteiger partial charge in [-0.2, -0.15) is 0 Å². The van der Waals surface area contributed by atoms with Crippen LogP contribution in [0.15, 0.2) is 71.5 Å². The molecule has 2 aromatic heterocycles. The van der Waals surface area contributed by atoms with E-state index in [1.165, 1.54) is 0 Å². The van der Waals surface area contributed by atoms with Crippen LogP contribution in [0.5, 0.6) is 0 Å². The van der Waals surface area contributed by atoms with Gasteiger partial charge in [0.2, 0.25) is 0 Å². The lowest BCUT2D eigenvalue weighted by atomic mass is 10.0. The van der Waals surface area contributed by atoms with Crippen molar-refractivity contribution in [3.63, 3.8) is 0 Å². The molecule has 2 heterocycles. The molecule has 0 aliphatic rings. The van der Waals surface area contributed by atoms with Crippen LogP contribution in [-0.4, -0.2) is 4.40 Å². The van der Waals surface area contributed by atoms with Gasteiger partial charge >= 0.3 is 0 Å². The van der Waals surface area contributed by atoms with Crippen molar-refractivity contribution in [2.24, 2.45) is 0 Å². The first kappa shape index (κ1) is 12.4. The van der Waals surface area contributed by atoms with Crippen LogP contribution in [0.25, 0.3) is 44.7 Å². The third-order valence-corrected chi connectivity index (χ3v) is 4.69. The number of nitrogens with zero attached hydrogens (tertiary/aromatic N) is 1. The molecule has 23 heavy (non-hydrogen) atoms. The molecular formula is C21H13NO. The summed E-state index contributed by atoms with van der Waals surface area (Å²) in [6.07, 6.45) is 0. The van der Waals surface area contributed by atoms with Crippen LogP contribution >= 0.6 is 0 Å². The summed E-state index contributed by atoms with van der Waals surface area (Å²) in [6, 6.07) is 21.9. The van der Waals surface area contributed by atoms with Crippen molar-refractivity contribution < 1.29 is 0 Å². The predicted molar refractivity (Wildman–Crippen MR) is 96.9 cm³/mol. The van der Waals surface area contributed by atoms with Gasteiger partial charge in [-0.25, -0.2) is 0 Å². The number of para-hydroxylation sites is 3. The quantitative estimate of drug-likeness (QED) is 0.314. The summed E-state index contributed by atoms with van der Waals surface area (Å²) in [5, 5.41) is 4.61. The van der Waals surface area contributed by atoms with Gasteiger partial charge in [-0.05, 0) is 29.5 Å². The Balaban J connectivity index is 2.37. The Bertz CT molecular complexity index is 1250. The van der Waals surface area contributed by atoms with Crippen LogP contribution < -0.4 is 10.6 Å². The fourth-order valence-corrected chi connectivity index (χ4v) is 3.66. The van der Waals surface area contributed by atoms with Crippen LogP contribution in [0.4, 0.5) is 0 Å². The monoisotopic (exact) mass is 295 g/mol. The summed E-state index contributed by atoms with van der Waals surface area (Å²) in [5.41, 5.74) is 3.07. The van der Waals surface area contributed by atoms with Gasteiger partial charge in [-0.15, -0.1) is 0 Å². The molecule has 0 saturated carbocycles. The van der Waals surface area contributed by atoms with E-state index in [2.05, 4.69) is 23.1 Å². The van der Waals surface area contributed by atoms with E-state index in [0.717, 1.165) is 43.3 Å². The minimum atomic E-state index is 0.0841. The molecule has 0 fully saturated rings. The highest BCUT2D eigenvalue weighted by molar-refractivity contribution is 6.07. The molecule has 108 valence electrons. The maximum absolute atomic E-state index is 12.9. The van der Waals surface area contributed by atoms with Crippen molar-refractivity contribution in [1.29, 1.82) is 0 Å². The van der Waals surface area contributed by atoms with Crippen LogP contribution in [0, 0.1) is 0 Å². The van der Waals surface area contributed by atoms with Crippen LogP contribution in [0.3, 0.4) is 0 Å². The number of pyridine rings is 2. The molecule has 0 aliphatic heterocycles. The first-order chi connectivity index (χ1) is 11.3. The Labute approximate surface area is 131 Å². The van der Waals surface area contributed by atoms with E-state index in [0.29, 0.717) is 0 Å². The lowest BCUT2D eigenvalue weighted by molar-refractivity contribution is 1.31. The molecule has 0 unspecified atom stereocenters. The molecule has 0 N–H and O–H groups in total. The number of rotatable bonds is 0. The van der Waals surface area contributed by atoms with E-state index >= 15 is 0 Å². The number of fused-ring (bicyclic) bond motifs is 4. The molecule has 3 aromatic carbocycles. The van der Waals surface area contributed by atoms with Crippen molar-refractivity contribution >= 4 is 44.7 Å². The number of hydrogen-bond acceptors (Lipinski definition) is 1. The third-order valence-electron chi connectivity index (χ3n) is 4.69. The van der Waals surface area contributed by atoms with Crippen molar-refractivity contribution in [1.82, 2.24) is 4.40 Å². The number of aromatic nitrogens is 1. The van der Waals surface area contributed by atoms with E-state index < -0.39 is 0 Å². The summed E-state index contributed by atoms with van der Waals surface area (Å²) >= 11 is 0. The van der Waals surface area contributed by atoms with Gasteiger partial charge in [0.15, 0.2) is 5.43 Å². The molecule has 5 aromatic rings. The Hall–Kier alpha value is -3.13. The van der Waals surface area contributed by atoms with Gasteiger partial charge in [0, 0.05) is 21.5 Å². The molecule has 0 atom stereocenters. The highest BCUT2D eigenvalue weighted by Gasteiger charge is 2.13. The summed E-state index contributed by atoms with van der Waals surface area (Å²) in [7, 11) is 0. The van der Waals surface area contributed by atoms with Crippen LogP contribution in [-0.2, 0) is 0 Å². The Morgan fingerprint density at radius 3 is 2.00 bits per heavy atom. The molecule has 0 radical (unpaired) electrons. The largest absolute Gasteiger partial charge is 0.308 e. The fraction of sp³-hybridized carbons (Fsp3) is 0. The lowest BCUT2D eigenvalue weighted by Crippen LogP contribution is -2.13. The summed E-state index contributed by atoms with van der Waals surface area (Å²) in [5.74, 6) is 0. The number of benzene rings is 3. The van der Waals surface area contributed by atoms with Crippen molar-refractivity contribution in [2.75, 3.05) is 0 Å². The minimum Gasteiger partial charge on any atom is -0.308 e. The average molecular weight is 295 g/mol. The second-order valence-corrected chi connectivity index (χ2v) is 5.88. The second kappa shape index (κ2) is 4.20. The van der Waals surface area contributed by atoms with E-state index in [-0.39, 0.29) is 5.43 Å². The lowest BCUT2D eigenvalue weighted by Gasteiger charge is -2.15. The smallest absolute Gasteiger partial charge is 0.197 e. The summed E-state index contributed by atoms with van der Waals surface area (Å²) in [4.78, 5) is 12.9. The third kappa shape index (κ3) is 1.45. The molecule has 2 heteroatoms. The van der Waals surface area contributed by atoms with Gasteiger partial charge in [0.05, 0.1) is 16.6 Å². The zero-order valence-electron chi connectivity index (χ0n) is 12.4. The second-order valence-electron chi connectivity index (χ2n) is 5.88. The minimum absolute atomic E-state index is 0.0841. The molecule has 0 bridgehead atoms. The fourth-order valence-electron chi connectivity index (χ4n) is 3.66. The normalized spacial score (nSPS) is 11.8. The SMILES string of the molecule is C=c1c2ccccc2n2c3ccccc3c(=O)c3cccc1c32.